The van der Waals surface area contributed by atoms with Gasteiger partial charge in [-0.1, -0.05) is 36.4 Å². The number of nitrogens with one attached hydrogen (secondary N) is 1. The van der Waals surface area contributed by atoms with Crippen molar-refractivity contribution in [1.82, 2.24) is 4.68 Å². The Hall–Kier alpha value is -3.98. The van der Waals surface area contributed by atoms with Crippen LogP contribution in [0.2, 0.25) is 0 Å². The maximum atomic E-state index is 12.6. The Morgan fingerprint density at radius 1 is 1.07 bits per heavy atom. The molecule has 0 radical (unpaired) electrons. The van der Waals surface area contributed by atoms with Gasteiger partial charge in [-0.15, -0.1) is 0 Å². The van der Waals surface area contributed by atoms with Crippen LogP contribution >= 0.6 is 0 Å². The fourth-order valence-electron chi connectivity index (χ4n) is 2.95. The van der Waals surface area contributed by atoms with E-state index in [-0.39, 0.29) is 5.57 Å². The molecule has 6 heteroatoms. The van der Waals surface area contributed by atoms with Crippen LogP contribution < -0.4 is 14.9 Å². The second kappa shape index (κ2) is 9.48. The fourth-order valence-corrected chi connectivity index (χ4v) is 2.95. The Bertz CT molecular complexity index is 1090. The van der Waals surface area contributed by atoms with Gasteiger partial charge in [0.25, 0.3) is 5.91 Å². The van der Waals surface area contributed by atoms with E-state index in [4.69, 9.17) is 9.47 Å². The highest BCUT2D eigenvalue weighted by Crippen LogP contribution is 2.29. The number of nitriles is 1. The largest absolute Gasteiger partial charge is 0.493 e. The summed E-state index contributed by atoms with van der Waals surface area (Å²) in [6, 6.07) is 20.8. The molecule has 6 nitrogen and oxygen atoms in total. The molecule has 0 atom stereocenters. The minimum Gasteiger partial charge on any atom is -0.493 e. The van der Waals surface area contributed by atoms with Crippen LogP contribution in [0.25, 0.3) is 6.08 Å². The Labute approximate surface area is 175 Å². The van der Waals surface area contributed by atoms with E-state index < -0.39 is 5.91 Å². The molecule has 2 aromatic carbocycles. The van der Waals surface area contributed by atoms with Crippen LogP contribution in [0.3, 0.4) is 0 Å². The molecule has 0 aliphatic carbocycles. The van der Waals surface area contributed by atoms with E-state index in [0.29, 0.717) is 23.7 Å². The van der Waals surface area contributed by atoms with Gasteiger partial charge in [0.2, 0.25) is 0 Å². The van der Waals surface area contributed by atoms with Gasteiger partial charge in [0.1, 0.15) is 18.2 Å². The molecule has 0 saturated heterocycles. The third-order valence-electron chi connectivity index (χ3n) is 4.59. The highest BCUT2D eigenvalue weighted by atomic mass is 16.5. The van der Waals surface area contributed by atoms with Crippen molar-refractivity contribution in [2.24, 2.45) is 0 Å². The van der Waals surface area contributed by atoms with E-state index in [1.807, 2.05) is 62.4 Å². The summed E-state index contributed by atoms with van der Waals surface area (Å²) < 4.78 is 12.9. The van der Waals surface area contributed by atoms with Crippen molar-refractivity contribution in [1.29, 1.82) is 5.26 Å². The number of benzene rings is 2. The van der Waals surface area contributed by atoms with Gasteiger partial charge < -0.3 is 9.47 Å². The van der Waals surface area contributed by atoms with Crippen molar-refractivity contribution >= 4 is 12.0 Å². The maximum absolute atomic E-state index is 12.6. The molecular formula is C24H23N3O3. The number of carbonyl (C=O) groups excluding carboxylic acids is 1. The van der Waals surface area contributed by atoms with Gasteiger partial charge in [-0.3, -0.25) is 14.9 Å². The lowest BCUT2D eigenvalue weighted by Crippen LogP contribution is -2.25. The Kier molecular flexibility index (Phi) is 6.56. The summed E-state index contributed by atoms with van der Waals surface area (Å²) in [6.45, 7) is 4.16. The Morgan fingerprint density at radius 3 is 2.40 bits per heavy atom. The van der Waals surface area contributed by atoms with Crippen molar-refractivity contribution in [3.63, 3.8) is 0 Å². The van der Waals surface area contributed by atoms with Crippen molar-refractivity contribution in [3.05, 3.63) is 88.8 Å². The molecular weight excluding hydrogens is 378 g/mol. The first-order chi connectivity index (χ1) is 14.5. The number of hydrogen-bond donors (Lipinski definition) is 1. The van der Waals surface area contributed by atoms with E-state index in [1.165, 1.54) is 6.08 Å². The minimum atomic E-state index is -0.483. The number of ether oxygens (including phenoxy) is 2. The third kappa shape index (κ3) is 4.89. The number of amides is 1. The predicted molar refractivity (Wildman–Crippen MR) is 116 cm³/mol. The molecule has 1 aromatic heterocycles. The molecule has 0 bridgehead atoms. The molecule has 3 aromatic rings. The monoisotopic (exact) mass is 401 g/mol. The van der Waals surface area contributed by atoms with Gasteiger partial charge in [0.05, 0.1) is 7.11 Å². The quantitative estimate of drug-likeness (QED) is 0.471. The Morgan fingerprint density at radius 2 is 1.77 bits per heavy atom. The zero-order chi connectivity index (χ0) is 21.5. The third-order valence-corrected chi connectivity index (χ3v) is 4.59. The fraction of sp³-hybridized carbons (Fsp3) is 0.167. The minimum absolute atomic E-state index is 0.0116. The molecule has 152 valence electrons. The average Bonchev–Trinajstić information content (AvgIpc) is 3.08. The topological polar surface area (TPSA) is 76.3 Å². The molecule has 0 fully saturated rings. The van der Waals surface area contributed by atoms with Crippen molar-refractivity contribution in [2.45, 2.75) is 20.5 Å². The number of hydrogen-bond acceptors (Lipinski definition) is 4. The summed E-state index contributed by atoms with van der Waals surface area (Å²) in [4.78, 5) is 12.6. The van der Waals surface area contributed by atoms with Crippen LogP contribution in [-0.4, -0.2) is 17.7 Å². The molecule has 1 N–H and O–H groups in total. The first-order valence-corrected chi connectivity index (χ1v) is 9.44. The Balaban J connectivity index is 1.77. The van der Waals surface area contributed by atoms with Crippen LogP contribution in [0.1, 0.15) is 22.5 Å². The molecule has 1 amide bonds. The van der Waals surface area contributed by atoms with Gasteiger partial charge >= 0.3 is 0 Å². The second-order valence-corrected chi connectivity index (χ2v) is 6.75. The summed E-state index contributed by atoms with van der Waals surface area (Å²) >= 11 is 0. The van der Waals surface area contributed by atoms with Gasteiger partial charge in [0.15, 0.2) is 11.5 Å². The van der Waals surface area contributed by atoms with Crippen LogP contribution in [0.15, 0.2) is 66.2 Å². The predicted octanol–water partition coefficient (Wildman–Crippen LogP) is 4.37. The molecule has 1 heterocycles. The van der Waals surface area contributed by atoms with Crippen LogP contribution in [0.4, 0.5) is 0 Å². The maximum Gasteiger partial charge on any atom is 0.280 e. The smallest absolute Gasteiger partial charge is 0.280 e. The first kappa shape index (κ1) is 20.7. The number of carbonyl (C=O) groups is 1. The van der Waals surface area contributed by atoms with Crippen molar-refractivity contribution < 1.29 is 14.3 Å². The standard InChI is InChI=1S/C24H23N3O3/c1-17-9-10-18(2)27(17)26-24(28)21(15-25)13-20-11-12-22(23(14-20)29-3)30-16-19-7-5-4-6-8-19/h4-14H,16H2,1-3H3,(H,26,28)/b21-13-. The molecule has 0 spiro atoms. The number of aryl methyl sites for hydroxylation is 2. The van der Waals surface area contributed by atoms with Crippen LogP contribution in [-0.2, 0) is 11.4 Å². The van der Waals surface area contributed by atoms with E-state index in [2.05, 4.69) is 5.43 Å². The van der Waals surface area contributed by atoms with E-state index >= 15 is 0 Å². The highest BCUT2D eigenvalue weighted by Gasteiger charge is 2.13. The summed E-state index contributed by atoms with van der Waals surface area (Å²) in [5, 5.41) is 9.47. The van der Waals surface area contributed by atoms with Gasteiger partial charge in [-0.2, -0.15) is 5.26 Å². The van der Waals surface area contributed by atoms with Crippen LogP contribution in [0.5, 0.6) is 11.5 Å². The zero-order valence-electron chi connectivity index (χ0n) is 17.2. The SMILES string of the molecule is COc1cc(/C=C(/C#N)C(=O)Nn2c(C)ccc2C)ccc1OCc1ccccc1. The van der Waals surface area contributed by atoms with E-state index in [1.54, 1.807) is 30.0 Å². The molecule has 0 aliphatic heterocycles. The molecule has 0 aliphatic rings. The van der Waals surface area contributed by atoms with Crippen molar-refractivity contribution in [2.75, 3.05) is 12.5 Å². The van der Waals surface area contributed by atoms with E-state index in [9.17, 15) is 10.1 Å². The van der Waals surface area contributed by atoms with Gasteiger partial charge in [-0.25, -0.2) is 0 Å². The molecule has 30 heavy (non-hydrogen) atoms. The first-order valence-electron chi connectivity index (χ1n) is 9.44. The second-order valence-electron chi connectivity index (χ2n) is 6.75. The molecule has 3 rings (SSSR count). The molecule has 0 unspecified atom stereocenters. The zero-order valence-corrected chi connectivity index (χ0v) is 17.2. The number of methoxy groups -OCH3 is 1. The van der Waals surface area contributed by atoms with Gasteiger partial charge in [-0.05, 0) is 55.3 Å². The summed E-state index contributed by atoms with van der Waals surface area (Å²) in [7, 11) is 1.55. The number of nitrogens with zero attached hydrogens (tertiary/aromatic N) is 2. The lowest BCUT2D eigenvalue weighted by atomic mass is 10.1. The highest BCUT2D eigenvalue weighted by molar-refractivity contribution is 6.06. The van der Waals surface area contributed by atoms with Gasteiger partial charge in [0, 0.05) is 11.4 Å². The van der Waals surface area contributed by atoms with Crippen molar-refractivity contribution in [3.8, 4) is 17.6 Å². The molecule has 0 saturated carbocycles. The normalized spacial score (nSPS) is 10.9. The number of rotatable bonds is 7. The van der Waals surface area contributed by atoms with E-state index in [0.717, 1.165) is 17.0 Å². The lowest BCUT2D eigenvalue weighted by molar-refractivity contribution is -0.113. The van der Waals surface area contributed by atoms with Crippen LogP contribution in [0, 0.1) is 25.2 Å². The lowest BCUT2D eigenvalue weighted by Gasteiger charge is -2.12. The average molecular weight is 401 g/mol. The summed E-state index contributed by atoms with van der Waals surface area (Å²) in [5.74, 6) is 0.623. The summed E-state index contributed by atoms with van der Waals surface area (Å²) in [6.07, 6.45) is 1.52. The number of aromatic nitrogens is 1. The summed E-state index contributed by atoms with van der Waals surface area (Å²) in [5.41, 5.74) is 6.18.